The van der Waals surface area contributed by atoms with Crippen LogP contribution in [-0.2, 0) is 16.7 Å². The number of nitrogens with zero attached hydrogens (tertiary/aromatic N) is 3. The van der Waals surface area contributed by atoms with E-state index in [9.17, 15) is 4.79 Å². The number of hydrogen-bond donors (Lipinski definition) is 2. The Bertz CT molecular complexity index is 616. The number of nitrogens with one attached hydrogen (secondary N) is 2. The van der Waals surface area contributed by atoms with Crippen molar-refractivity contribution in [1.82, 2.24) is 25.7 Å². The number of ether oxygens (including phenoxy) is 1. The Kier molecular flexibility index (Phi) is 6.70. The minimum atomic E-state index is -0.124. The second-order valence-electron chi connectivity index (χ2n) is 8.67. The fraction of sp³-hybridized carbons (Fsp3) is 0.842. The van der Waals surface area contributed by atoms with Crippen LogP contribution in [0.15, 0.2) is 0 Å². The van der Waals surface area contributed by atoms with Gasteiger partial charge in [-0.1, -0.05) is 51.4 Å². The summed E-state index contributed by atoms with van der Waals surface area (Å²) in [5.41, 5.74) is 0.0746. The number of rotatable bonds is 5. The third-order valence-electron chi connectivity index (χ3n) is 5.55. The molecule has 27 heavy (non-hydrogen) atoms. The average molecular weight is 396 g/mol. The molecule has 1 aliphatic heterocycles. The molecule has 2 N–H and O–H groups in total. The first-order chi connectivity index (χ1) is 12.9. The van der Waals surface area contributed by atoms with E-state index in [2.05, 4.69) is 46.5 Å². The number of carbonyl (C=O) groups excluding carboxylic acids is 1. The van der Waals surface area contributed by atoms with E-state index in [-0.39, 0.29) is 17.0 Å². The van der Waals surface area contributed by atoms with Gasteiger partial charge in [0.05, 0.1) is 19.8 Å². The lowest BCUT2D eigenvalue weighted by atomic mass is 9.80. The van der Waals surface area contributed by atoms with E-state index in [1.54, 1.807) is 11.3 Å². The van der Waals surface area contributed by atoms with Gasteiger partial charge in [0.25, 0.3) is 0 Å². The smallest absolute Gasteiger partial charge is 0.315 e. The number of aromatic nitrogens is 2. The maximum Gasteiger partial charge on any atom is 0.315 e. The van der Waals surface area contributed by atoms with Crippen molar-refractivity contribution in [3.8, 4) is 0 Å². The Morgan fingerprint density at radius 2 is 1.85 bits per heavy atom. The molecule has 0 unspecified atom stereocenters. The largest absolute Gasteiger partial charge is 0.379 e. The summed E-state index contributed by atoms with van der Waals surface area (Å²) in [4.78, 5) is 14.9. The molecule has 0 radical (unpaired) electrons. The second kappa shape index (κ2) is 8.84. The molecule has 0 bridgehead atoms. The minimum absolute atomic E-state index is 0.0102. The lowest BCUT2D eigenvalue weighted by molar-refractivity contribution is -0.0357. The Hall–Kier alpha value is -1.25. The molecule has 3 rings (SSSR count). The summed E-state index contributed by atoms with van der Waals surface area (Å²) in [6, 6.07) is -0.124. The molecule has 0 aromatic carbocycles. The van der Waals surface area contributed by atoms with Crippen molar-refractivity contribution in [2.45, 2.75) is 70.4 Å². The zero-order chi connectivity index (χ0) is 19.3. The molecule has 0 atom stereocenters. The van der Waals surface area contributed by atoms with Gasteiger partial charge in [0, 0.05) is 30.6 Å². The first-order valence-electron chi connectivity index (χ1n) is 10.1. The van der Waals surface area contributed by atoms with Crippen molar-refractivity contribution in [2.75, 3.05) is 32.8 Å². The highest BCUT2D eigenvalue weighted by molar-refractivity contribution is 7.11. The van der Waals surface area contributed by atoms with Crippen LogP contribution in [0.1, 0.15) is 62.9 Å². The van der Waals surface area contributed by atoms with E-state index in [1.807, 2.05) is 0 Å². The van der Waals surface area contributed by atoms with Crippen LogP contribution >= 0.6 is 11.3 Å². The summed E-state index contributed by atoms with van der Waals surface area (Å²) in [7, 11) is 0. The van der Waals surface area contributed by atoms with E-state index < -0.39 is 0 Å². The maximum atomic E-state index is 12.4. The van der Waals surface area contributed by atoms with Crippen LogP contribution in [0.4, 0.5) is 4.79 Å². The van der Waals surface area contributed by atoms with Gasteiger partial charge in [0.1, 0.15) is 10.0 Å². The first kappa shape index (κ1) is 20.5. The lowest BCUT2D eigenvalue weighted by Crippen LogP contribution is -2.60. The van der Waals surface area contributed by atoms with Gasteiger partial charge in [-0.2, -0.15) is 0 Å². The van der Waals surface area contributed by atoms with Crippen LogP contribution in [0, 0.1) is 0 Å². The van der Waals surface area contributed by atoms with E-state index in [4.69, 9.17) is 4.74 Å². The van der Waals surface area contributed by atoms with Gasteiger partial charge in [-0.05, 0) is 12.8 Å². The summed E-state index contributed by atoms with van der Waals surface area (Å²) in [6.45, 7) is 11.0. The Labute approximate surface area is 166 Å². The summed E-state index contributed by atoms with van der Waals surface area (Å²) < 4.78 is 5.52. The van der Waals surface area contributed by atoms with Gasteiger partial charge >= 0.3 is 6.03 Å². The Morgan fingerprint density at radius 1 is 1.15 bits per heavy atom. The number of carbonyl (C=O) groups is 1. The van der Waals surface area contributed by atoms with Crippen molar-refractivity contribution >= 4 is 17.4 Å². The van der Waals surface area contributed by atoms with Crippen LogP contribution in [0.3, 0.4) is 0 Å². The molecule has 0 spiro atoms. The van der Waals surface area contributed by atoms with Crippen LogP contribution < -0.4 is 10.6 Å². The fourth-order valence-electron chi connectivity index (χ4n) is 3.94. The van der Waals surface area contributed by atoms with E-state index in [1.165, 1.54) is 19.3 Å². The number of hydrogen-bond acceptors (Lipinski definition) is 6. The lowest BCUT2D eigenvalue weighted by Gasteiger charge is -2.48. The average Bonchev–Trinajstić information content (AvgIpc) is 3.16. The molecule has 1 saturated carbocycles. The number of amides is 2. The van der Waals surface area contributed by atoms with Gasteiger partial charge in [-0.25, -0.2) is 4.79 Å². The zero-order valence-electron chi connectivity index (χ0n) is 16.8. The van der Waals surface area contributed by atoms with Gasteiger partial charge in [-0.15, -0.1) is 10.2 Å². The van der Waals surface area contributed by atoms with Crippen LogP contribution in [0.2, 0.25) is 0 Å². The highest BCUT2D eigenvalue weighted by Crippen LogP contribution is 2.33. The van der Waals surface area contributed by atoms with Gasteiger partial charge < -0.3 is 15.4 Å². The fourth-order valence-corrected chi connectivity index (χ4v) is 4.78. The normalized spacial score (nSPS) is 21.0. The topological polar surface area (TPSA) is 79.4 Å². The molecule has 1 aliphatic carbocycles. The monoisotopic (exact) mass is 395 g/mol. The molecule has 1 aromatic rings. The van der Waals surface area contributed by atoms with Gasteiger partial charge in [0.2, 0.25) is 0 Å². The van der Waals surface area contributed by atoms with Crippen LogP contribution in [0.5, 0.6) is 0 Å². The van der Waals surface area contributed by atoms with Crippen LogP contribution in [-0.4, -0.2) is 59.5 Å². The van der Waals surface area contributed by atoms with Crippen molar-refractivity contribution in [2.24, 2.45) is 0 Å². The molecule has 2 fully saturated rings. The Balaban J connectivity index is 1.51. The van der Waals surface area contributed by atoms with Crippen molar-refractivity contribution in [3.05, 3.63) is 10.0 Å². The van der Waals surface area contributed by atoms with Gasteiger partial charge in [0.15, 0.2) is 0 Å². The molecule has 2 heterocycles. The molecule has 8 heteroatoms. The van der Waals surface area contributed by atoms with Gasteiger partial charge in [-0.3, -0.25) is 4.90 Å². The van der Waals surface area contributed by atoms with Crippen molar-refractivity contribution in [1.29, 1.82) is 0 Å². The highest BCUT2D eigenvalue weighted by Gasteiger charge is 2.38. The first-order valence-corrected chi connectivity index (χ1v) is 10.9. The second-order valence-corrected chi connectivity index (χ2v) is 9.73. The van der Waals surface area contributed by atoms with Crippen LogP contribution in [0.25, 0.3) is 0 Å². The van der Waals surface area contributed by atoms with E-state index in [0.29, 0.717) is 13.1 Å². The predicted octanol–water partition coefficient (Wildman–Crippen LogP) is 2.67. The summed E-state index contributed by atoms with van der Waals surface area (Å²) in [5, 5.41) is 16.3. The summed E-state index contributed by atoms with van der Waals surface area (Å²) >= 11 is 1.56. The number of urea groups is 1. The highest BCUT2D eigenvalue weighted by atomic mass is 32.1. The summed E-state index contributed by atoms with van der Waals surface area (Å²) in [6.07, 6.45) is 6.07. The number of morpholine rings is 1. The van der Waals surface area contributed by atoms with Crippen molar-refractivity contribution in [3.63, 3.8) is 0 Å². The molecule has 2 amide bonds. The molecular formula is C19H33N5O2S. The third kappa shape index (κ3) is 5.39. The predicted molar refractivity (Wildman–Crippen MR) is 107 cm³/mol. The molecule has 2 aliphatic rings. The van der Waals surface area contributed by atoms with Crippen molar-refractivity contribution < 1.29 is 9.53 Å². The standard InChI is InChI=1S/C19H33N5O2S/c1-18(2,3)16-23-22-15(27-16)13-20-17(25)21-14-19(7-5-4-6-8-19)24-9-11-26-12-10-24/h4-14H2,1-3H3,(H2,20,21,25). The summed E-state index contributed by atoms with van der Waals surface area (Å²) in [5.74, 6) is 0. The molecule has 1 aromatic heterocycles. The minimum Gasteiger partial charge on any atom is -0.379 e. The quantitative estimate of drug-likeness (QED) is 0.801. The van der Waals surface area contributed by atoms with E-state index in [0.717, 1.165) is 49.2 Å². The van der Waals surface area contributed by atoms with E-state index >= 15 is 0 Å². The molecule has 7 nitrogen and oxygen atoms in total. The zero-order valence-corrected chi connectivity index (χ0v) is 17.7. The molecule has 1 saturated heterocycles. The Morgan fingerprint density at radius 3 is 2.48 bits per heavy atom. The maximum absolute atomic E-state index is 12.4. The molecular weight excluding hydrogens is 362 g/mol. The molecule has 152 valence electrons. The SMILES string of the molecule is CC(C)(C)c1nnc(CNC(=O)NCC2(N3CCOCC3)CCCCC2)s1. The third-order valence-corrected chi connectivity index (χ3v) is 6.90.